The first-order valence-electron chi connectivity index (χ1n) is 8.33. The van der Waals surface area contributed by atoms with Gasteiger partial charge in [0.25, 0.3) is 0 Å². The summed E-state index contributed by atoms with van der Waals surface area (Å²) in [5.41, 5.74) is 0.839. The molecule has 1 aromatic carbocycles. The highest BCUT2D eigenvalue weighted by molar-refractivity contribution is 7.99. The van der Waals surface area contributed by atoms with Gasteiger partial charge in [0.1, 0.15) is 18.0 Å². The van der Waals surface area contributed by atoms with Crippen LogP contribution in [0.1, 0.15) is 31.7 Å². The van der Waals surface area contributed by atoms with E-state index in [-0.39, 0.29) is 29.8 Å². The number of hydrogen-bond acceptors (Lipinski definition) is 4. The van der Waals surface area contributed by atoms with Gasteiger partial charge < -0.3 is 15.0 Å². The quantitative estimate of drug-likeness (QED) is 0.818. The van der Waals surface area contributed by atoms with Crippen LogP contribution in [0.25, 0.3) is 0 Å². The molecule has 1 aromatic rings. The molecule has 1 fully saturated rings. The maximum atomic E-state index is 12.7. The van der Waals surface area contributed by atoms with Gasteiger partial charge in [-0.15, -0.1) is 11.8 Å². The molecule has 1 heterocycles. The molecule has 3 atom stereocenters. The number of amides is 2. The minimum absolute atomic E-state index is 0.0382. The second-order valence-electron chi connectivity index (χ2n) is 6.50. The fourth-order valence-electron chi connectivity index (χ4n) is 2.61. The molecular formula is C18H25ClN2O3S. The van der Waals surface area contributed by atoms with Gasteiger partial charge in [-0.05, 0) is 18.9 Å². The number of carbonyl (C=O) groups is 2. The number of hydrogen-bond donors (Lipinski definition) is 1. The summed E-state index contributed by atoms with van der Waals surface area (Å²) in [5.74, 6) is 0.505. The van der Waals surface area contributed by atoms with Crippen LogP contribution in [0.15, 0.2) is 24.3 Å². The van der Waals surface area contributed by atoms with Gasteiger partial charge in [0.05, 0.1) is 0 Å². The zero-order chi connectivity index (χ0) is 18.6. The SMILES string of the molecule is COCC(=O)N1[C@@H](C(=O)N[C@@H](C)C(C)C)CS[C@@H]1c1ccccc1Cl. The highest BCUT2D eigenvalue weighted by Gasteiger charge is 2.43. The Kier molecular flexibility index (Phi) is 7.16. The van der Waals surface area contributed by atoms with Crippen molar-refractivity contribution >= 4 is 35.2 Å². The first-order chi connectivity index (χ1) is 11.9. The van der Waals surface area contributed by atoms with Crippen LogP contribution in [0.5, 0.6) is 0 Å². The fourth-order valence-corrected chi connectivity index (χ4v) is 4.40. The van der Waals surface area contributed by atoms with Crippen LogP contribution >= 0.6 is 23.4 Å². The Morgan fingerprint density at radius 2 is 2.04 bits per heavy atom. The van der Waals surface area contributed by atoms with Gasteiger partial charge in [-0.3, -0.25) is 9.59 Å². The van der Waals surface area contributed by atoms with Crippen molar-refractivity contribution in [3.63, 3.8) is 0 Å². The van der Waals surface area contributed by atoms with Crippen molar-refractivity contribution in [2.24, 2.45) is 5.92 Å². The van der Waals surface area contributed by atoms with Gasteiger partial charge in [-0.2, -0.15) is 0 Å². The van der Waals surface area contributed by atoms with Crippen LogP contribution in [0.3, 0.4) is 0 Å². The van der Waals surface area contributed by atoms with Gasteiger partial charge in [-0.1, -0.05) is 43.6 Å². The van der Waals surface area contributed by atoms with Crippen LogP contribution in [-0.4, -0.2) is 48.3 Å². The van der Waals surface area contributed by atoms with Crippen molar-refractivity contribution in [1.29, 1.82) is 0 Å². The van der Waals surface area contributed by atoms with E-state index >= 15 is 0 Å². The van der Waals surface area contributed by atoms with E-state index in [4.69, 9.17) is 16.3 Å². The van der Waals surface area contributed by atoms with Gasteiger partial charge >= 0.3 is 0 Å². The number of nitrogens with zero attached hydrogens (tertiary/aromatic N) is 1. The predicted molar refractivity (Wildman–Crippen MR) is 102 cm³/mol. The maximum Gasteiger partial charge on any atom is 0.250 e. The van der Waals surface area contributed by atoms with Gasteiger partial charge in [0.2, 0.25) is 11.8 Å². The van der Waals surface area contributed by atoms with E-state index in [0.717, 1.165) is 5.56 Å². The minimum atomic E-state index is -0.532. The lowest BCUT2D eigenvalue weighted by Crippen LogP contribution is -2.51. The minimum Gasteiger partial charge on any atom is -0.375 e. The normalized spacial score (nSPS) is 21.4. The van der Waals surface area contributed by atoms with E-state index in [1.54, 1.807) is 22.7 Å². The predicted octanol–water partition coefficient (Wildman–Crippen LogP) is 3.09. The third-order valence-corrected chi connectivity index (χ3v) is 6.05. The molecule has 1 N–H and O–H groups in total. The summed E-state index contributed by atoms with van der Waals surface area (Å²) >= 11 is 7.87. The molecule has 0 aliphatic carbocycles. The summed E-state index contributed by atoms with van der Waals surface area (Å²) in [6, 6.07) is 6.93. The van der Waals surface area contributed by atoms with E-state index in [1.807, 2.05) is 25.1 Å². The molecule has 0 unspecified atom stereocenters. The van der Waals surface area contributed by atoms with Crippen LogP contribution < -0.4 is 5.32 Å². The van der Waals surface area contributed by atoms with Crippen molar-refractivity contribution in [2.75, 3.05) is 19.5 Å². The Morgan fingerprint density at radius 1 is 1.36 bits per heavy atom. The maximum absolute atomic E-state index is 12.7. The Hall–Kier alpha value is -1.24. The van der Waals surface area contributed by atoms with Crippen molar-refractivity contribution in [1.82, 2.24) is 10.2 Å². The zero-order valence-electron chi connectivity index (χ0n) is 15.0. The molecule has 0 radical (unpaired) electrons. The summed E-state index contributed by atoms with van der Waals surface area (Å²) < 4.78 is 5.01. The van der Waals surface area contributed by atoms with Crippen LogP contribution in [0, 0.1) is 5.92 Å². The highest BCUT2D eigenvalue weighted by atomic mass is 35.5. The summed E-state index contributed by atoms with van der Waals surface area (Å²) in [4.78, 5) is 27.0. The van der Waals surface area contributed by atoms with Crippen molar-refractivity contribution in [3.05, 3.63) is 34.9 Å². The molecule has 0 aromatic heterocycles. The highest BCUT2D eigenvalue weighted by Crippen LogP contribution is 2.43. The Morgan fingerprint density at radius 3 is 2.64 bits per heavy atom. The molecule has 2 amide bonds. The molecule has 138 valence electrons. The molecule has 7 heteroatoms. The first-order valence-corrected chi connectivity index (χ1v) is 9.76. The van der Waals surface area contributed by atoms with Crippen molar-refractivity contribution in [3.8, 4) is 0 Å². The second-order valence-corrected chi connectivity index (χ2v) is 8.02. The summed E-state index contributed by atoms with van der Waals surface area (Å²) in [5, 5.41) is 3.31. The lowest BCUT2D eigenvalue weighted by Gasteiger charge is -2.30. The average molecular weight is 385 g/mol. The largest absolute Gasteiger partial charge is 0.375 e. The van der Waals surface area contributed by atoms with Gasteiger partial charge in [0.15, 0.2) is 0 Å². The summed E-state index contributed by atoms with van der Waals surface area (Å²) in [7, 11) is 1.47. The second kappa shape index (κ2) is 8.92. The fraction of sp³-hybridized carbons (Fsp3) is 0.556. The monoisotopic (exact) mass is 384 g/mol. The molecule has 25 heavy (non-hydrogen) atoms. The molecule has 1 saturated heterocycles. The lowest BCUT2D eigenvalue weighted by atomic mass is 10.1. The number of nitrogens with one attached hydrogen (secondary N) is 1. The third-order valence-electron chi connectivity index (χ3n) is 4.40. The lowest BCUT2D eigenvalue weighted by molar-refractivity contribution is -0.143. The number of thioether (sulfide) groups is 1. The van der Waals surface area contributed by atoms with Crippen LogP contribution in [0.4, 0.5) is 0 Å². The van der Waals surface area contributed by atoms with Crippen molar-refractivity contribution in [2.45, 2.75) is 38.2 Å². The molecule has 1 aliphatic heterocycles. The third kappa shape index (κ3) is 4.68. The van der Waals surface area contributed by atoms with E-state index < -0.39 is 6.04 Å². The Bertz CT molecular complexity index is 626. The van der Waals surface area contributed by atoms with Gasteiger partial charge in [0, 0.05) is 29.5 Å². The van der Waals surface area contributed by atoms with Crippen LogP contribution in [-0.2, 0) is 14.3 Å². The number of rotatable bonds is 6. The summed E-state index contributed by atoms with van der Waals surface area (Å²) in [6.45, 7) is 6.01. The standard InChI is InChI=1S/C18H25ClN2O3S/c1-11(2)12(3)20-17(23)15-10-25-18(21(15)16(22)9-24-4)13-7-5-6-8-14(13)19/h5-8,11-12,15,18H,9-10H2,1-4H3,(H,20,23)/t12-,15+,18+/m0/s1. The molecule has 5 nitrogen and oxygen atoms in total. The van der Waals surface area contributed by atoms with E-state index in [9.17, 15) is 9.59 Å². The molecule has 0 saturated carbocycles. The topological polar surface area (TPSA) is 58.6 Å². The number of ether oxygens (including phenoxy) is 1. The van der Waals surface area contributed by atoms with E-state index in [1.165, 1.54) is 7.11 Å². The molecule has 0 spiro atoms. The molecule has 0 bridgehead atoms. The van der Waals surface area contributed by atoms with Gasteiger partial charge in [-0.25, -0.2) is 0 Å². The van der Waals surface area contributed by atoms with E-state index in [2.05, 4.69) is 19.2 Å². The first kappa shape index (κ1) is 20.1. The molecule has 1 aliphatic rings. The smallest absolute Gasteiger partial charge is 0.250 e. The number of halogens is 1. The summed E-state index contributed by atoms with van der Waals surface area (Å²) in [6.07, 6.45) is 0. The zero-order valence-corrected chi connectivity index (χ0v) is 16.6. The average Bonchev–Trinajstić information content (AvgIpc) is 3.00. The number of benzene rings is 1. The van der Waals surface area contributed by atoms with Crippen LogP contribution in [0.2, 0.25) is 5.02 Å². The van der Waals surface area contributed by atoms with E-state index in [0.29, 0.717) is 16.7 Å². The van der Waals surface area contributed by atoms with Crippen molar-refractivity contribution < 1.29 is 14.3 Å². The number of methoxy groups -OCH3 is 1. The molecule has 2 rings (SSSR count). The Balaban J connectivity index is 2.27. The molecular weight excluding hydrogens is 360 g/mol. The number of carbonyl (C=O) groups excluding carboxylic acids is 2. The Labute approximate surface area is 158 Å².